The number of anilines is 2. The van der Waals surface area contributed by atoms with Gasteiger partial charge in [0.15, 0.2) is 15.9 Å². The molecule has 1 aliphatic rings. The molecule has 2 N–H and O–H groups in total. The van der Waals surface area contributed by atoms with Crippen molar-refractivity contribution in [3.05, 3.63) is 142 Å². The Labute approximate surface area is 315 Å². The lowest BCUT2D eigenvalue weighted by Gasteiger charge is -2.26. The van der Waals surface area contributed by atoms with Gasteiger partial charge in [0.1, 0.15) is 13.2 Å². The minimum absolute atomic E-state index is 0.129. The lowest BCUT2D eigenvalue weighted by atomic mass is 10.00. The predicted octanol–water partition coefficient (Wildman–Crippen LogP) is 7.23. The number of nitrogens with zero attached hydrogens (tertiary/aromatic N) is 2. The Morgan fingerprint density at radius 2 is 1.65 bits per heavy atom. The van der Waals surface area contributed by atoms with Gasteiger partial charge in [0.25, 0.3) is 5.91 Å². The zero-order chi connectivity index (χ0) is 38.9. The minimum Gasteiger partial charge on any atom is -0.446 e. The maximum atomic E-state index is 14.3. The third kappa shape index (κ3) is 10.6. The summed E-state index contributed by atoms with van der Waals surface area (Å²) in [6, 6.07) is 25.7. The van der Waals surface area contributed by atoms with Crippen LogP contribution in [-0.2, 0) is 36.8 Å². The molecule has 1 aliphatic heterocycles. The van der Waals surface area contributed by atoms with E-state index in [4.69, 9.17) is 16.3 Å². The van der Waals surface area contributed by atoms with Gasteiger partial charge in [-0.3, -0.25) is 19.9 Å². The van der Waals surface area contributed by atoms with Crippen LogP contribution in [0.15, 0.2) is 120 Å². The number of hydrogen-bond donors (Lipinski definition) is 2. The maximum Gasteiger partial charge on any atom is 0.418 e. The summed E-state index contributed by atoms with van der Waals surface area (Å²) < 4.78 is 70.9. The van der Waals surface area contributed by atoms with Crippen molar-refractivity contribution >= 4 is 56.4 Å². The number of amides is 3. The van der Waals surface area contributed by atoms with E-state index in [2.05, 4.69) is 15.6 Å². The fraction of sp³-hybridized carbons (Fsp3) is 0.231. The fourth-order valence-electron chi connectivity index (χ4n) is 5.64. The number of carbonyl (C=O) groups is 3. The van der Waals surface area contributed by atoms with Crippen LogP contribution in [0, 0.1) is 0 Å². The first kappa shape index (κ1) is 39.7. The van der Waals surface area contributed by atoms with E-state index in [1.54, 1.807) is 54.6 Å². The Morgan fingerprint density at radius 1 is 0.981 bits per heavy atom. The van der Waals surface area contributed by atoms with E-state index in [9.17, 15) is 36.0 Å². The van der Waals surface area contributed by atoms with E-state index in [-0.39, 0.29) is 10.8 Å². The summed E-state index contributed by atoms with van der Waals surface area (Å²) in [5, 5.41) is 5.78. The van der Waals surface area contributed by atoms with Crippen LogP contribution >= 0.6 is 11.6 Å². The number of aryl methyl sites for hydroxylation is 1. The first-order valence-corrected chi connectivity index (χ1v) is 18.9. The molecule has 15 heteroatoms. The molecule has 10 nitrogen and oxygen atoms in total. The Morgan fingerprint density at radius 3 is 2.33 bits per heavy atom. The molecule has 3 amide bonds. The number of nitrogens with one attached hydrogen (secondary N) is 2. The van der Waals surface area contributed by atoms with E-state index in [0.29, 0.717) is 41.4 Å². The van der Waals surface area contributed by atoms with Gasteiger partial charge in [-0.25, -0.2) is 13.2 Å². The van der Waals surface area contributed by atoms with Crippen LogP contribution in [0.3, 0.4) is 0 Å². The van der Waals surface area contributed by atoms with Crippen LogP contribution in [0.1, 0.15) is 35.6 Å². The van der Waals surface area contributed by atoms with Crippen molar-refractivity contribution in [2.75, 3.05) is 29.1 Å². The molecule has 54 heavy (non-hydrogen) atoms. The van der Waals surface area contributed by atoms with Crippen molar-refractivity contribution in [1.82, 2.24) is 5.32 Å². The normalized spacial score (nSPS) is 15.2. The molecule has 2 atom stereocenters. The van der Waals surface area contributed by atoms with Crippen molar-refractivity contribution in [3.8, 4) is 0 Å². The second-order valence-corrected chi connectivity index (χ2v) is 14.8. The molecule has 0 saturated carbocycles. The Kier molecular flexibility index (Phi) is 12.9. The number of aliphatic imine (C=N–C) groups is 1. The SMILES string of the molecule is CCS(=O)(=O)/C=C/[C@H](CCc1ccccc1)NC(=O)CN1C(=O)[C@@H](COC(=O)Nc2ccc(Cl)cc2C(F)(F)F)N=C(c2ccccc2)c2ccccc21. The summed E-state index contributed by atoms with van der Waals surface area (Å²) in [5.41, 5.74) is 0.947. The number of halogens is 4. The predicted molar refractivity (Wildman–Crippen MR) is 201 cm³/mol. The highest BCUT2D eigenvalue weighted by Crippen LogP contribution is 2.36. The topological polar surface area (TPSA) is 134 Å². The smallest absolute Gasteiger partial charge is 0.418 e. The molecule has 5 rings (SSSR count). The molecule has 0 radical (unpaired) electrons. The van der Waals surface area contributed by atoms with Crippen molar-refractivity contribution in [2.24, 2.45) is 4.99 Å². The summed E-state index contributed by atoms with van der Waals surface area (Å²) in [7, 11) is -3.52. The van der Waals surface area contributed by atoms with Crippen LogP contribution in [0.4, 0.5) is 29.3 Å². The summed E-state index contributed by atoms with van der Waals surface area (Å²) in [5.74, 6) is -1.47. The number of alkyl halides is 3. The minimum atomic E-state index is -4.84. The molecule has 0 saturated heterocycles. The first-order valence-electron chi connectivity index (χ1n) is 16.8. The molecular formula is C39H36ClF3N4O6S. The van der Waals surface area contributed by atoms with Crippen LogP contribution in [0.25, 0.3) is 0 Å². The van der Waals surface area contributed by atoms with Gasteiger partial charge in [0.05, 0.1) is 28.4 Å². The molecule has 0 spiro atoms. The number of para-hydroxylation sites is 1. The molecule has 0 aromatic heterocycles. The fourth-order valence-corrected chi connectivity index (χ4v) is 6.43. The maximum absolute atomic E-state index is 14.3. The summed E-state index contributed by atoms with van der Waals surface area (Å²) in [4.78, 5) is 46.7. The molecule has 0 unspecified atom stereocenters. The van der Waals surface area contributed by atoms with Gasteiger partial charge in [-0.2, -0.15) is 13.2 Å². The molecular weight excluding hydrogens is 745 g/mol. The highest BCUT2D eigenvalue weighted by atomic mass is 35.5. The summed E-state index contributed by atoms with van der Waals surface area (Å²) in [6.07, 6.45) is -3.84. The van der Waals surface area contributed by atoms with E-state index in [1.165, 1.54) is 24.0 Å². The van der Waals surface area contributed by atoms with E-state index >= 15 is 0 Å². The van der Waals surface area contributed by atoms with Gasteiger partial charge in [-0.1, -0.05) is 103 Å². The number of rotatable bonds is 13. The summed E-state index contributed by atoms with van der Waals surface area (Å²) >= 11 is 5.76. The Hall–Kier alpha value is -5.47. The first-order chi connectivity index (χ1) is 25.7. The van der Waals surface area contributed by atoms with E-state index < -0.39 is 70.4 Å². The second kappa shape index (κ2) is 17.6. The molecule has 1 heterocycles. The standard InChI is InChI=1S/C39H36ClF3N4O6S/c1-2-54(51,52)22-21-29(19-17-26-11-5-3-6-12-26)44-35(48)24-47-34-16-10-9-15-30(34)36(27-13-7-4-8-14-27)45-33(37(47)49)25-53-38(50)46-32-20-18-28(40)23-31(32)39(41,42)43/h3-16,18,20-23,29,33H,2,17,19,24-25H2,1H3,(H,44,48)(H,46,50)/b22-21+/t29-,33+/m0/s1. The lowest BCUT2D eigenvalue weighted by molar-refractivity contribution is -0.137. The van der Waals surface area contributed by atoms with Crippen LogP contribution in [0.2, 0.25) is 5.02 Å². The van der Waals surface area contributed by atoms with Gasteiger partial charge in [-0.05, 0) is 42.7 Å². The highest BCUT2D eigenvalue weighted by molar-refractivity contribution is 7.94. The van der Waals surface area contributed by atoms with E-state index in [1.807, 2.05) is 30.3 Å². The Balaban J connectivity index is 1.42. The molecule has 282 valence electrons. The average molecular weight is 781 g/mol. The van der Waals surface area contributed by atoms with Gasteiger partial charge < -0.3 is 15.0 Å². The van der Waals surface area contributed by atoms with Gasteiger partial charge in [0.2, 0.25) is 5.91 Å². The zero-order valence-corrected chi connectivity index (χ0v) is 30.5. The Bertz CT molecular complexity index is 2150. The largest absolute Gasteiger partial charge is 0.446 e. The average Bonchev–Trinajstić information content (AvgIpc) is 3.27. The van der Waals surface area contributed by atoms with Gasteiger partial charge in [-0.15, -0.1) is 0 Å². The molecule has 0 aliphatic carbocycles. The van der Waals surface area contributed by atoms with Crippen molar-refractivity contribution in [1.29, 1.82) is 0 Å². The number of ether oxygens (including phenoxy) is 1. The number of carbonyl (C=O) groups excluding carboxylic acids is 3. The van der Waals surface area contributed by atoms with Crippen LogP contribution in [0.5, 0.6) is 0 Å². The highest BCUT2D eigenvalue weighted by Gasteiger charge is 2.36. The second-order valence-electron chi connectivity index (χ2n) is 12.2. The van der Waals surface area contributed by atoms with Gasteiger partial charge in [0, 0.05) is 27.6 Å². The number of sulfone groups is 1. The number of benzene rings is 4. The monoisotopic (exact) mass is 780 g/mol. The van der Waals surface area contributed by atoms with E-state index in [0.717, 1.165) is 17.0 Å². The number of fused-ring (bicyclic) bond motifs is 1. The lowest BCUT2D eigenvalue weighted by Crippen LogP contribution is -2.47. The molecule has 0 fully saturated rings. The third-order valence-electron chi connectivity index (χ3n) is 8.38. The van der Waals surface area contributed by atoms with Gasteiger partial charge >= 0.3 is 12.3 Å². The number of benzodiazepines with no additional fused rings is 1. The molecule has 4 aromatic carbocycles. The zero-order valence-electron chi connectivity index (χ0n) is 28.9. The third-order valence-corrected chi connectivity index (χ3v) is 10.00. The summed E-state index contributed by atoms with van der Waals surface area (Å²) in [6.45, 7) is 0.290. The van der Waals surface area contributed by atoms with Crippen molar-refractivity contribution in [3.63, 3.8) is 0 Å². The van der Waals surface area contributed by atoms with Crippen molar-refractivity contribution in [2.45, 2.75) is 38.0 Å². The molecule has 0 bridgehead atoms. The van der Waals surface area contributed by atoms with Crippen LogP contribution in [-0.4, -0.2) is 63.0 Å². The van der Waals surface area contributed by atoms with Crippen molar-refractivity contribution < 1.29 is 40.7 Å². The molecule has 4 aromatic rings. The van der Waals surface area contributed by atoms with Crippen LogP contribution < -0.4 is 15.5 Å². The quantitative estimate of drug-likeness (QED) is 0.147. The number of hydrogen-bond acceptors (Lipinski definition) is 7.